The molecule has 0 saturated carbocycles. The lowest BCUT2D eigenvalue weighted by Gasteiger charge is -2.27. The van der Waals surface area contributed by atoms with Gasteiger partial charge in [-0.15, -0.1) is 0 Å². The Bertz CT molecular complexity index is 844. The molecule has 1 aromatic rings. The van der Waals surface area contributed by atoms with Crippen molar-refractivity contribution in [2.75, 3.05) is 31.6 Å². The van der Waals surface area contributed by atoms with Crippen LogP contribution in [0.25, 0.3) is 0 Å². The van der Waals surface area contributed by atoms with Crippen LogP contribution in [0.2, 0.25) is 0 Å². The Kier molecular flexibility index (Phi) is 7.73. The van der Waals surface area contributed by atoms with Gasteiger partial charge in [-0.05, 0) is 38.0 Å². The van der Waals surface area contributed by atoms with Gasteiger partial charge in [0.1, 0.15) is 0 Å². The van der Waals surface area contributed by atoms with E-state index in [1.165, 1.54) is 23.4 Å². The Hall–Kier alpha value is -2.23. The molecule has 0 bridgehead atoms. The number of amides is 1. The zero-order valence-electron chi connectivity index (χ0n) is 16.3. The minimum Gasteiger partial charge on any atom is -0.449 e. The van der Waals surface area contributed by atoms with E-state index in [1.807, 2.05) is 6.92 Å². The van der Waals surface area contributed by atoms with Gasteiger partial charge in [0.2, 0.25) is 10.0 Å². The van der Waals surface area contributed by atoms with E-state index in [1.54, 1.807) is 25.1 Å². The number of nitrogens with one attached hydrogen (secondary N) is 1. The number of morpholine rings is 1. The van der Waals surface area contributed by atoms with Gasteiger partial charge in [-0.2, -0.15) is 4.31 Å². The number of hydrogen-bond donors (Lipinski definition) is 1. The van der Waals surface area contributed by atoms with E-state index in [0.717, 1.165) is 0 Å². The summed E-state index contributed by atoms with van der Waals surface area (Å²) in [5.74, 6) is -1.15. The van der Waals surface area contributed by atoms with Crippen molar-refractivity contribution in [1.82, 2.24) is 4.31 Å². The number of allylic oxidation sites excluding steroid dienone is 1. The van der Waals surface area contributed by atoms with Crippen LogP contribution >= 0.6 is 0 Å². The average molecular weight is 410 g/mol. The van der Waals surface area contributed by atoms with Crippen molar-refractivity contribution in [3.8, 4) is 0 Å². The van der Waals surface area contributed by atoms with Crippen LogP contribution in [0.3, 0.4) is 0 Å². The molecular formula is C19H26N2O6S. The molecule has 1 aliphatic heterocycles. The molecule has 0 radical (unpaired) electrons. The summed E-state index contributed by atoms with van der Waals surface area (Å²) >= 11 is 0. The summed E-state index contributed by atoms with van der Waals surface area (Å²) in [5.41, 5.74) is 0.892. The third-order valence-electron chi connectivity index (χ3n) is 4.20. The Morgan fingerprint density at radius 2 is 2.00 bits per heavy atom. The van der Waals surface area contributed by atoms with Gasteiger partial charge >= 0.3 is 5.97 Å². The molecule has 1 unspecified atom stereocenters. The molecule has 28 heavy (non-hydrogen) atoms. The van der Waals surface area contributed by atoms with E-state index in [-0.39, 0.29) is 18.0 Å². The van der Waals surface area contributed by atoms with Crippen molar-refractivity contribution in [1.29, 1.82) is 0 Å². The molecule has 0 spiro atoms. The van der Waals surface area contributed by atoms with E-state index in [2.05, 4.69) is 5.32 Å². The van der Waals surface area contributed by atoms with Gasteiger partial charge in [0.05, 0.1) is 18.1 Å². The second-order valence-electron chi connectivity index (χ2n) is 6.38. The van der Waals surface area contributed by atoms with Crippen LogP contribution in [0, 0.1) is 6.92 Å². The Labute approximate surface area is 165 Å². The summed E-state index contributed by atoms with van der Waals surface area (Å²) < 4.78 is 37.4. The second kappa shape index (κ2) is 9.81. The van der Waals surface area contributed by atoms with Crippen molar-refractivity contribution < 1.29 is 27.5 Å². The van der Waals surface area contributed by atoms with Crippen LogP contribution in [0.1, 0.15) is 25.8 Å². The van der Waals surface area contributed by atoms with Crippen LogP contribution in [0.5, 0.6) is 0 Å². The van der Waals surface area contributed by atoms with Crippen molar-refractivity contribution in [3.05, 3.63) is 35.9 Å². The van der Waals surface area contributed by atoms with Crippen LogP contribution in [0.4, 0.5) is 5.69 Å². The summed E-state index contributed by atoms with van der Waals surface area (Å²) in [4.78, 5) is 24.0. The Morgan fingerprint density at radius 1 is 1.32 bits per heavy atom. The summed E-state index contributed by atoms with van der Waals surface area (Å²) in [6.45, 7) is 6.30. The van der Waals surface area contributed by atoms with E-state index < -0.39 is 28.0 Å². The largest absolute Gasteiger partial charge is 0.449 e. The highest BCUT2D eigenvalue weighted by Gasteiger charge is 2.28. The zero-order valence-corrected chi connectivity index (χ0v) is 17.1. The number of rotatable bonds is 7. The minimum absolute atomic E-state index is 0.128. The molecular weight excluding hydrogens is 384 g/mol. The molecule has 1 aliphatic rings. The molecule has 8 nitrogen and oxygen atoms in total. The molecule has 1 atom stereocenters. The zero-order chi connectivity index (χ0) is 20.7. The normalized spacial score (nSPS) is 16.7. The highest BCUT2D eigenvalue weighted by atomic mass is 32.2. The highest BCUT2D eigenvalue weighted by molar-refractivity contribution is 7.89. The first-order chi connectivity index (χ1) is 13.3. The minimum atomic E-state index is -3.69. The van der Waals surface area contributed by atoms with Gasteiger partial charge in [0.25, 0.3) is 5.91 Å². The van der Waals surface area contributed by atoms with Gasteiger partial charge < -0.3 is 14.8 Å². The fraction of sp³-hybridized carbons (Fsp3) is 0.474. The molecule has 154 valence electrons. The number of ether oxygens (including phenoxy) is 2. The number of nitrogens with zero attached hydrogens (tertiary/aromatic N) is 1. The first kappa shape index (κ1) is 22.1. The number of aryl methyl sites for hydroxylation is 1. The van der Waals surface area contributed by atoms with Gasteiger partial charge in [0, 0.05) is 24.9 Å². The fourth-order valence-electron chi connectivity index (χ4n) is 2.61. The monoisotopic (exact) mass is 410 g/mol. The van der Waals surface area contributed by atoms with Gasteiger partial charge in [-0.25, -0.2) is 13.2 Å². The highest BCUT2D eigenvalue weighted by Crippen LogP contribution is 2.24. The summed E-state index contributed by atoms with van der Waals surface area (Å²) in [6, 6.07) is 4.66. The number of anilines is 1. The second-order valence-corrected chi connectivity index (χ2v) is 8.28. The number of benzene rings is 1. The molecule has 0 aromatic heterocycles. The molecule has 1 amide bonds. The predicted octanol–water partition coefficient (Wildman–Crippen LogP) is 1.85. The van der Waals surface area contributed by atoms with Gasteiger partial charge in [-0.1, -0.05) is 19.1 Å². The lowest BCUT2D eigenvalue weighted by Crippen LogP contribution is -2.40. The summed E-state index contributed by atoms with van der Waals surface area (Å²) in [6.07, 6.45) is 2.56. The number of sulfonamides is 1. The van der Waals surface area contributed by atoms with E-state index in [4.69, 9.17) is 9.47 Å². The molecule has 1 heterocycles. The van der Waals surface area contributed by atoms with Crippen LogP contribution in [-0.4, -0.2) is 57.0 Å². The summed E-state index contributed by atoms with van der Waals surface area (Å²) in [5, 5.41) is 2.60. The van der Waals surface area contributed by atoms with Crippen molar-refractivity contribution in [2.45, 2.75) is 38.2 Å². The smallest absolute Gasteiger partial charge is 0.331 e. The molecule has 1 saturated heterocycles. The third-order valence-corrected chi connectivity index (χ3v) is 6.24. The van der Waals surface area contributed by atoms with Gasteiger partial charge in [0.15, 0.2) is 6.10 Å². The maximum atomic E-state index is 12.9. The Morgan fingerprint density at radius 3 is 2.64 bits per heavy atom. The average Bonchev–Trinajstić information content (AvgIpc) is 2.68. The molecule has 1 fully saturated rings. The topological polar surface area (TPSA) is 102 Å². The molecule has 1 aromatic carbocycles. The van der Waals surface area contributed by atoms with Crippen LogP contribution < -0.4 is 5.32 Å². The standard InChI is InChI=1S/C19H26N2O6S/c1-4-5-6-18(22)27-15(3)19(23)20-16-8-7-14(2)17(13-16)28(24,25)21-9-11-26-12-10-21/h5-8,13,15H,4,9-12H2,1-3H3,(H,20,23)/b6-5+. The third kappa shape index (κ3) is 5.63. The predicted molar refractivity (Wildman–Crippen MR) is 104 cm³/mol. The van der Waals surface area contributed by atoms with Crippen molar-refractivity contribution in [3.63, 3.8) is 0 Å². The quantitative estimate of drug-likeness (QED) is 0.544. The van der Waals surface area contributed by atoms with Crippen molar-refractivity contribution in [2.24, 2.45) is 0 Å². The SMILES string of the molecule is CC/C=C/C(=O)OC(C)C(=O)Nc1ccc(C)c(S(=O)(=O)N2CCOCC2)c1. The van der Waals surface area contributed by atoms with E-state index >= 15 is 0 Å². The molecule has 0 aliphatic carbocycles. The number of carbonyl (C=O) groups is 2. The first-order valence-corrected chi connectivity index (χ1v) is 10.6. The maximum Gasteiger partial charge on any atom is 0.331 e. The maximum absolute atomic E-state index is 12.9. The molecule has 2 rings (SSSR count). The molecule has 1 N–H and O–H groups in total. The molecule has 9 heteroatoms. The summed E-state index contributed by atoms with van der Waals surface area (Å²) in [7, 11) is -3.69. The van der Waals surface area contributed by atoms with E-state index in [0.29, 0.717) is 30.9 Å². The van der Waals surface area contributed by atoms with Gasteiger partial charge in [-0.3, -0.25) is 4.79 Å². The fourth-order valence-corrected chi connectivity index (χ4v) is 4.27. The van der Waals surface area contributed by atoms with Crippen LogP contribution in [-0.2, 0) is 29.1 Å². The first-order valence-electron chi connectivity index (χ1n) is 9.12. The van der Waals surface area contributed by atoms with E-state index in [9.17, 15) is 18.0 Å². The lowest BCUT2D eigenvalue weighted by molar-refractivity contribution is -0.148. The number of esters is 1. The van der Waals surface area contributed by atoms with Crippen molar-refractivity contribution >= 4 is 27.6 Å². The van der Waals surface area contributed by atoms with Crippen LogP contribution in [0.15, 0.2) is 35.2 Å². The number of hydrogen-bond acceptors (Lipinski definition) is 6. The Balaban J connectivity index is 2.13. The lowest BCUT2D eigenvalue weighted by atomic mass is 10.2. The number of carbonyl (C=O) groups excluding carboxylic acids is 2.